The standard InChI is InChI=1S/C13H14N2O3/c16-13(17)9-3-4-10-11(7-9)18-12(14-10)8-15-5-1-2-6-15/h3-4,7H,1-2,5-6,8H2,(H,16,17). The van der Waals surface area contributed by atoms with Gasteiger partial charge in [-0.1, -0.05) is 0 Å². The first-order chi connectivity index (χ1) is 8.72. The number of carboxylic acids is 1. The van der Waals surface area contributed by atoms with Crippen molar-refractivity contribution in [3.8, 4) is 0 Å². The van der Waals surface area contributed by atoms with E-state index in [0.717, 1.165) is 13.1 Å². The number of hydrogen-bond acceptors (Lipinski definition) is 4. The molecule has 18 heavy (non-hydrogen) atoms. The molecule has 0 atom stereocenters. The van der Waals surface area contributed by atoms with Gasteiger partial charge >= 0.3 is 5.97 Å². The molecule has 1 aliphatic heterocycles. The van der Waals surface area contributed by atoms with Crippen molar-refractivity contribution in [1.29, 1.82) is 0 Å². The second kappa shape index (κ2) is 4.42. The maximum Gasteiger partial charge on any atom is 0.335 e. The molecule has 0 amide bonds. The highest BCUT2D eigenvalue weighted by Crippen LogP contribution is 2.19. The van der Waals surface area contributed by atoms with Gasteiger partial charge in [-0.2, -0.15) is 0 Å². The van der Waals surface area contributed by atoms with Crippen molar-refractivity contribution in [3.63, 3.8) is 0 Å². The van der Waals surface area contributed by atoms with Crippen LogP contribution in [-0.4, -0.2) is 34.0 Å². The molecule has 1 N–H and O–H groups in total. The Morgan fingerprint density at radius 1 is 1.39 bits per heavy atom. The fourth-order valence-corrected chi connectivity index (χ4v) is 2.31. The summed E-state index contributed by atoms with van der Waals surface area (Å²) < 4.78 is 5.60. The molecule has 0 spiro atoms. The minimum Gasteiger partial charge on any atom is -0.478 e. The molecule has 0 saturated carbocycles. The van der Waals surface area contributed by atoms with Crippen LogP contribution in [0.2, 0.25) is 0 Å². The van der Waals surface area contributed by atoms with Gasteiger partial charge in [0.2, 0.25) is 5.89 Å². The predicted octanol–water partition coefficient (Wildman–Crippen LogP) is 2.12. The number of carbonyl (C=O) groups is 1. The molecule has 1 aliphatic rings. The Bertz CT molecular complexity index is 585. The zero-order valence-electron chi connectivity index (χ0n) is 9.93. The first-order valence-corrected chi connectivity index (χ1v) is 6.07. The smallest absolute Gasteiger partial charge is 0.335 e. The maximum atomic E-state index is 10.9. The van der Waals surface area contributed by atoms with E-state index in [1.807, 2.05) is 0 Å². The van der Waals surface area contributed by atoms with Crippen LogP contribution in [-0.2, 0) is 6.54 Å². The SMILES string of the molecule is O=C(O)c1ccc2nc(CN3CCCC3)oc2c1. The summed E-state index contributed by atoms with van der Waals surface area (Å²) in [6, 6.07) is 4.76. The van der Waals surface area contributed by atoms with E-state index in [0.29, 0.717) is 23.5 Å². The van der Waals surface area contributed by atoms with Gasteiger partial charge in [0.1, 0.15) is 5.52 Å². The topological polar surface area (TPSA) is 66.6 Å². The lowest BCUT2D eigenvalue weighted by Gasteiger charge is -2.10. The van der Waals surface area contributed by atoms with Crippen LogP contribution in [0.1, 0.15) is 29.1 Å². The molecule has 1 aromatic heterocycles. The van der Waals surface area contributed by atoms with Crippen LogP contribution in [0.4, 0.5) is 0 Å². The van der Waals surface area contributed by atoms with Gasteiger partial charge in [0.05, 0.1) is 12.1 Å². The van der Waals surface area contributed by atoms with Crippen LogP contribution in [0.5, 0.6) is 0 Å². The lowest BCUT2D eigenvalue weighted by Crippen LogP contribution is -2.18. The molecule has 0 radical (unpaired) electrons. The minimum absolute atomic E-state index is 0.228. The Labute approximate surface area is 104 Å². The highest BCUT2D eigenvalue weighted by Gasteiger charge is 2.15. The number of oxazole rings is 1. The number of nitrogens with zero attached hydrogens (tertiary/aromatic N) is 2. The van der Waals surface area contributed by atoms with Gasteiger partial charge in [0.15, 0.2) is 5.58 Å². The zero-order chi connectivity index (χ0) is 12.5. The molecule has 2 aromatic rings. The van der Waals surface area contributed by atoms with Crippen molar-refractivity contribution in [3.05, 3.63) is 29.7 Å². The molecule has 0 aliphatic carbocycles. The summed E-state index contributed by atoms with van der Waals surface area (Å²) in [5.41, 5.74) is 1.49. The van der Waals surface area contributed by atoms with Gasteiger partial charge in [0, 0.05) is 0 Å². The van der Waals surface area contributed by atoms with Gasteiger partial charge in [-0.25, -0.2) is 9.78 Å². The van der Waals surface area contributed by atoms with Gasteiger partial charge in [-0.05, 0) is 44.1 Å². The number of hydrogen-bond donors (Lipinski definition) is 1. The lowest BCUT2D eigenvalue weighted by molar-refractivity contribution is 0.0697. The first-order valence-electron chi connectivity index (χ1n) is 6.07. The van der Waals surface area contributed by atoms with E-state index in [-0.39, 0.29) is 5.56 Å². The molecule has 0 bridgehead atoms. The van der Waals surface area contributed by atoms with Crippen LogP contribution in [0.3, 0.4) is 0 Å². The largest absolute Gasteiger partial charge is 0.478 e. The normalized spacial score (nSPS) is 16.4. The second-order valence-corrected chi connectivity index (χ2v) is 4.58. The Morgan fingerprint density at radius 3 is 2.89 bits per heavy atom. The average Bonchev–Trinajstić information content (AvgIpc) is 2.96. The highest BCUT2D eigenvalue weighted by molar-refractivity contribution is 5.91. The zero-order valence-corrected chi connectivity index (χ0v) is 9.93. The highest BCUT2D eigenvalue weighted by atomic mass is 16.4. The summed E-state index contributed by atoms with van der Waals surface area (Å²) in [7, 11) is 0. The van der Waals surface area contributed by atoms with Crippen molar-refractivity contribution >= 4 is 17.1 Å². The minimum atomic E-state index is -0.950. The molecule has 94 valence electrons. The Morgan fingerprint density at radius 2 is 2.17 bits per heavy atom. The Hall–Kier alpha value is -1.88. The third kappa shape index (κ3) is 2.09. The summed E-state index contributed by atoms with van der Waals surface area (Å²) in [6.07, 6.45) is 2.45. The van der Waals surface area contributed by atoms with Crippen molar-refractivity contribution in [2.45, 2.75) is 19.4 Å². The molecule has 0 unspecified atom stereocenters. The van der Waals surface area contributed by atoms with E-state index < -0.39 is 5.97 Å². The van der Waals surface area contributed by atoms with Crippen LogP contribution in [0.15, 0.2) is 22.6 Å². The van der Waals surface area contributed by atoms with Gasteiger partial charge in [-0.3, -0.25) is 4.90 Å². The summed E-state index contributed by atoms with van der Waals surface area (Å²) in [4.78, 5) is 17.5. The molecular weight excluding hydrogens is 232 g/mol. The summed E-state index contributed by atoms with van der Waals surface area (Å²) in [5, 5.41) is 8.91. The van der Waals surface area contributed by atoms with E-state index in [4.69, 9.17) is 9.52 Å². The third-order valence-electron chi connectivity index (χ3n) is 3.24. The Kier molecular flexibility index (Phi) is 2.76. The molecule has 5 nitrogen and oxygen atoms in total. The van der Waals surface area contributed by atoms with Gasteiger partial charge in [0.25, 0.3) is 0 Å². The van der Waals surface area contributed by atoms with E-state index >= 15 is 0 Å². The number of rotatable bonds is 3. The molecule has 1 saturated heterocycles. The van der Waals surface area contributed by atoms with Crippen LogP contribution in [0.25, 0.3) is 11.1 Å². The predicted molar refractivity (Wildman–Crippen MR) is 65.5 cm³/mol. The van der Waals surface area contributed by atoms with Crippen molar-refractivity contribution in [2.75, 3.05) is 13.1 Å². The van der Waals surface area contributed by atoms with E-state index in [9.17, 15) is 4.79 Å². The number of aromatic carboxylic acids is 1. The average molecular weight is 246 g/mol. The molecule has 2 heterocycles. The van der Waals surface area contributed by atoms with E-state index in [1.165, 1.54) is 18.9 Å². The third-order valence-corrected chi connectivity index (χ3v) is 3.24. The molecule has 1 fully saturated rings. The summed E-state index contributed by atoms with van der Waals surface area (Å²) >= 11 is 0. The van der Waals surface area contributed by atoms with Crippen molar-refractivity contribution < 1.29 is 14.3 Å². The number of likely N-dealkylation sites (tertiary alicyclic amines) is 1. The molecule has 5 heteroatoms. The van der Waals surface area contributed by atoms with Crippen molar-refractivity contribution in [1.82, 2.24) is 9.88 Å². The monoisotopic (exact) mass is 246 g/mol. The second-order valence-electron chi connectivity index (χ2n) is 4.58. The van der Waals surface area contributed by atoms with Crippen molar-refractivity contribution in [2.24, 2.45) is 0 Å². The lowest BCUT2D eigenvalue weighted by atomic mass is 10.2. The molecule has 3 rings (SSSR count). The summed E-state index contributed by atoms with van der Waals surface area (Å²) in [6.45, 7) is 2.87. The van der Waals surface area contributed by atoms with Crippen LogP contribution >= 0.6 is 0 Å². The van der Waals surface area contributed by atoms with Crippen LogP contribution in [0, 0.1) is 0 Å². The fourth-order valence-electron chi connectivity index (χ4n) is 2.31. The van der Waals surface area contributed by atoms with E-state index in [2.05, 4.69) is 9.88 Å². The first kappa shape index (κ1) is 11.2. The van der Waals surface area contributed by atoms with Crippen LogP contribution < -0.4 is 0 Å². The molecule has 1 aromatic carbocycles. The van der Waals surface area contributed by atoms with Gasteiger partial charge in [-0.15, -0.1) is 0 Å². The maximum absolute atomic E-state index is 10.9. The molecular formula is C13H14N2O3. The number of fused-ring (bicyclic) bond motifs is 1. The fraction of sp³-hybridized carbons (Fsp3) is 0.385. The number of benzene rings is 1. The quantitative estimate of drug-likeness (QED) is 0.898. The number of carboxylic acid groups (broad SMARTS) is 1. The Balaban J connectivity index is 1.87. The van der Waals surface area contributed by atoms with E-state index in [1.54, 1.807) is 12.1 Å². The number of aromatic nitrogens is 1. The summed E-state index contributed by atoms with van der Waals surface area (Å²) in [5.74, 6) is -0.288. The van der Waals surface area contributed by atoms with Gasteiger partial charge < -0.3 is 9.52 Å².